The third-order valence-electron chi connectivity index (χ3n) is 6.70. The maximum atomic E-state index is 14.8. The van der Waals surface area contributed by atoms with E-state index in [0.29, 0.717) is 42.1 Å². The van der Waals surface area contributed by atoms with E-state index in [1.54, 1.807) is 6.20 Å². The number of aromatic nitrogens is 2. The first kappa shape index (κ1) is 23.6. The molecular formula is C26H33FN6O2. The summed E-state index contributed by atoms with van der Waals surface area (Å²) in [5.41, 5.74) is 2.53. The number of ether oxygens (including phenoxy) is 1. The number of oxazole rings is 1. The Morgan fingerprint density at radius 2 is 1.83 bits per heavy atom. The largest absolute Gasteiger partial charge is 0.486 e. The molecule has 0 aliphatic carbocycles. The number of benzene rings is 1. The molecule has 2 aliphatic rings. The monoisotopic (exact) mass is 480 g/mol. The van der Waals surface area contributed by atoms with Crippen LogP contribution in [0.25, 0.3) is 11.3 Å². The van der Waals surface area contributed by atoms with Gasteiger partial charge in [-0.15, -0.1) is 0 Å². The Labute approximate surface area is 205 Å². The Morgan fingerprint density at radius 1 is 1.03 bits per heavy atom. The van der Waals surface area contributed by atoms with Gasteiger partial charge in [0.1, 0.15) is 12.4 Å². The predicted octanol–water partition coefficient (Wildman–Crippen LogP) is 4.36. The van der Waals surface area contributed by atoms with Crippen molar-refractivity contribution in [1.29, 1.82) is 0 Å². The molecule has 0 saturated carbocycles. The summed E-state index contributed by atoms with van der Waals surface area (Å²) in [6.07, 6.45) is 3.48. The van der Waals surface area contributed by atoms with E-state index in [9.17, 15) is 4.39 Å². The molecular weight excluding hydrogens is 447 g/mol. The van der Waals surface area contributed by atoms with Crippen molar-refractivity contribution in [2.75, 3.05) is 56.1 Å². The van der Waals surface area contributed by atoms with E-state index in [4.69, 9.17) is 9.15 Å². The molecule has 1 N–H and O–H groups in total. The van der Waals surface area contributed by atoms with Gasteiger partial charge in [0.2, 0.25) is 0 Å². The van der Waals surface area contributed by atoms with Gasteiger partial charge in [0.15, 0.2) is 17.3 Å². The van der Waals surface area contributed by atoms with Gasteiger partial charge < -0.3 is 19.0 Å². The maximum absolute atomic E-state index is 14.8. The van der Waals surface area contributed by atoms with Crippen LogP contribution in [0, 0.1) is 5.82 Å². The van der Waals surface area contributed by atoms with Crippen LogP contribution in [0.1, 0.15) is 26.3 Å². The van der Waals surface area contributed by atoms with Crippen molar-refractivity contribution in [3.63, 3.8) is 0 Å². The van der Waals surface area contributed by atoms with Gasteiger partial charge in [0, 0.05) is 50.5 Å². The first-order chi connectivity index (χ1) is 17.0. The van der Waals surface area contributed by atoms with Crippen LogP contribution < -0.4 is 15.0 Å². The van der Waals surface area contributed by atoms with Gasteiger partial charge in [-0.05, 0) is 44.2 Å². The molecule has 0 spiro atoms. The third kappa shape index (κ3) is 5.26. The molecule has 0 bridgehead atoms. The average Bonchev–Trinajstić information content (AvgIpc) is 3.34. The molecule has 4 heterocycles. The second-order valence-electron chi connectivity index (χ2n) is 9.36. The van der Waals surface area contributed by atoms with E-state index in [0.717, 1.165) is 45.0 Å². The van der Waals surface area contributed by atoms with Crippen LogP contribution in [0.2, 0.25) is 0 Å². The number of nitrogens with one attached hydrogen (secondary N) is 1. The first-order valence-electron chi connectivity index (χ1n) is 12.4. The molecule has 3 aromatic rings. The van der Waals surface area contributed by atoms with E-state index < -0.39 is 5.82 Å². The molecule has 1 saturated heterocycles. The lowest BCUT2D eigenvalue weighted by Gasteiger charge is -2.34. The van der Waals surface area contributed by atoms with Crippen molar-refractivity contribution in [2.45, 2.75) is 33.4 Å². The number of anilines is 3. The van der Waals surface area contributed by atoms with Crippen LogP contribution in [-0.4, -0.2) is 71.7 Å². The van der Waals surface area contributed by atoms with E-state index in [1.807, 2.05) is 18.3 Å². The molecule has 2 aromatic heterocycles. The highest BCUT2D eigenvalue weighted by molar-refractivity contribution is 5.71. The third-order valence-corrected chi connectivity index (χ3v) is 6.70. The minimum absolute atomic E-state index is 0.231. The summed E-state index contributed by atoms with van der Waals surface area (Å²) >= 11 is 0. The molecule has 2 aliphatic heterocycles. The lowest BCUT2D eigenvalue weighted by Crippen LogP contribution is -2.45. The van der Waals surface area contributed by atoms with Crippen LogP contribution in [0.5, 0.6) is 5.75 Å². The Kier molecular flexibility index (Phi) is 6.88. The van der Waals surface area contributed by atoms with Crippen LogP contribution in [0.15, 0.2) is 41.1 Å². The fraction of sp³-hybridized carbons (Fsp3) is 0.462. The lowest BCUT2D eigenvalue weighted by molar-refractivity contribution is 0.132. The maximum Gasteiger partial charge on any atom is 0.300 e. The lowest BCUT2D eigenvalue weighted by atomic mass is 10.1. The highest BCUT2D eigenvalue weighted by Gasteiger charge is 2.25. The van der Waals surface area contributed by atoms with Crippen molar-refractivity contribution < 1.29 is 13.5 Å². The zero-order valence-electron chi connectivity index (χ0n) is 20.6. The minimum Gasteiger partial charge on any atom is -0.486 e. The van der Waals surface area contributed by atoms with Crippen molar-refractivity contribution in [1.82, 2.24) is 19.8 Å². The van der Waals surface area contributed by atoms with Crippen LogP contribution in [0.4, 0.5) is 21.9 Å². The summed E-state index contributed by atoms with van der Waals surface area (Å²) < 4.78 is 26.3. The van der Waals surface area contributed by atoms with E-state index in [1.165, 1.54) is 11.6 Å². The summed E-state index contributed by atoms with van der Waals surface area (Å²) in [7, 11) is 0. The molecule has 1 aromatic carbocycles. The molecule has 0 amide bonds. The number of halogens is 1. The molecule has 186 valence electrons. The Bertz CT molecular complexity index is 1140. The number of pyridine rings is 1. The van der Waals surface area contributed by atoms with Crippen LogP contribution in [0.3, 0.4) is 0 Å². The zero-order valence-corrected chi connectivity index (χ0v) is 20.6. The predicted molar refractivity (Wildman–Crippen MR) is 135 cm³/mol. The molecule has 0 unspecified atom stereocenters. The SMILES string of the molecule is CCN1CCN(Cc2ccc(Nc3ncc(-c4cc(F)c5c(c4)N(C(C)C)CCO5)o3)nc2)CC1. The summed E-state index contributed by atoms with van der Waals surface area (Å²) in [5, 5.41) is 3.10. The number of nitrogens with zero attached hydrogens (tertiary/aromatic N) is 5. The fourth-order valence-electron chi connectivity index (χ4n) is 4.67. The topological polar surface area (TPSA) is 69.9 Å². The number of fused-ring (bicyclic) bond motifs is 1. The second kappa shape index (κ2) is 10.2. The molecule has 0 atom stereocenters. The molecule has 8 nitrogen and oxygen atoms in total. The highest BCUT2D eigenvalue weighted by Crippen LogP contribution is 2.39. The Morgan fingerprint density at radius 3 is 2.54 bits per heavy atom. The van der Waals surface area contributed by atoms with E-state index >= 15 is 0 Å². The number of hydrogen-bond acceptors (Lipinski definition) is 8. The Hall–Kier alpha value is -3.17. The summed E-state index contributed by atoms with van der Waals surface area (Å²) in [4.78, 5) is 15.9. The number of piperazine rings is 1. The number of likely N-dealkylation sites (N-methyl/N-ethyl adjacent to an activating group) is 1. The van der Waals surface area contributed by atoms with Gasteiger partial charge in [-0.1, -0.05) is 13.0 Å². The van der Waals surface area contributed by atoms with E-state index in [2.05, 4.69) is 56.8 Å². The van der Waals surface area contributed by atoms with Crippen molar-refractivity contribution in [2.24, 2.45) is 0 Å². The average molecular weight is 481 g/mol. The van der Waals surface area contributed by atoms with Crippen LogP contribution >= 0.6 is 0 Å². The van der Waals surface area contributed by atoms with Crippen molar-refractivity contribution in [3.8, 4) is 17.1 Å². The molecule has 9 heteroatoms. The molecule has 0 radical (unpaired) electrons. The van der Waals surface area contributed by atoms with Gasteiger partial charge in [-0.3, -0.25) is 10.2 Å². The highest BCUT2D eigenvalue weighted by atomic mass is 19.1. The van der Waals surface area contributed by atoms with Gasteiger partial charge >= 0.3 is 6.01 Å². The van der Waals surface area contributed by atoms with Gasteiger partial charge in [0.05, 0.1) is 18.4 Å². The molecule has 1 fully saturated rings. The zero-order chi connectivity index (χ0) is 24.4. The smallest absolute Gasteiger partial charge is 0.300 e. The second-order valence-corrected chi connectivity index (χ2v) is 9.36. The minimum atomic E-state index is -0.401. The quantitative estimate of drug-likeness (QED) is 0.535. The molecule has 35 heavy (non-hydrogen) atoms. The standard InChI is InChI=1S/C26H33FN6O2/c1-4-31-7-9-32(10-8-31)17-19-5-6-24(28-15-19)30-26-29-16-23(35-26)20-13-21(27)25-22(14-20)33(18(2)3)11-12-34-25/h5-6,13-16,18H,4,7-12,17H2,1-3H3,(H,28,29,30). The Balaban J connectivity index is 1.25. The normalized spacial score (nSPS) is 16.9. The number of rotatable bonds is 7. The summed E-state index contributed by atoms with van der Waals surface area (Å²) in [6.45, 7) is 14.0. The first-order valence-corrected chi connectivity index (χ1v) is 12.4. The van der Waals surface area contributed by atoms with E-state index in [-0.39, 0.29) is 6.04 Å². The van der Waals surface area contributed by atoms with Gasteiger partial charge in [-0.25, -0.2) is 14.4 Å². The molecule has 5 rings (SSSR count). The van der Waals surface area contributed by atoms with Crippen molar-refractivity contribution >= 4 is 17.5 Å². The van der Waals surface area contributed by atoms with Gasteiger partial charge in [-0.2, -0.15) is 0 Å². The van der Waals surface area contributed by atoms with Gasteiger partial charge in [0.25, 0.3) is 0 Å². The van der Waals surface area contributed by atoms with Crippen LogP contribution in [-0.2, 0) is 6.54 Å². The van der Waals surface area contributed by atoms with Crippen molar-refractivity contribution in [3.05, 3.63) is 48.0 Å². The number of hydrogen-bond donors (Lipinski definition) is 1. The fourth-order valence-corrected chi connectivity index (χ4v) is 4.67. The summed E-state index contributed by atoms with van der Waals surface area (Å²) in [5.74, 6) is 1.02. The summed E-state index contributed by atoms with van der Waals surface area (Å²) in [6, 6.07) is 7.87.